The fourth-order valence-electron chi connectivity index (χ4n) is 2.69. The fourth-order valence-corrected chi connectivity index (χ4v) is 3.21. The van der Waals surface area contributed by atoms with E-state index >= 15 is 0 Å². The van der Waals surface area contributed by atoms with E-state index in [9.17, 15) is 4.79 Å². The first-order chi connectivity index (χ1) is 13.0. The van der Waals surface area contributed by atoms with Crippen molar-refractivity contribution in [3.63, 3.8) is 0 Å². The van der Waals surface area contributed by atoms with Crippen LogP contribution >= 0.6 is 11.8 Å². The Hall–Kier alpha value is -2.81. The quantitative estimate of drug-likeness (QED) is 0.622. The zero-order chi connectivity index (χ0) is 19.4. The number of carbonyl (C=O) groups excluding carboxylic acids is 1. The minimum Gasteiger partial charge on any atom is -0.497 e. The van der Waals surface area contributed by atoms with Crippen molar-refractivity contribution in [2.45, 2.75) is 32.0 Å². The molecule has 0 bridgehead atoms. The summed E-state index contributed by atoms with van der Waals surface area (Å²) < 4.78 is 12.2. The van der Waals surface area contributed by atoms with Gasteiger partial charge in [0.1, 0.15) is 11.5 Å². The number of aromatic nitrogens is 4. The predicted molar refractivity (Wildman–Crippen MR) is 101 cm³/mol. The molecule has 3 rings (SSSR count). The van der Waals surface area contributed by atoms with Gasteiger partial charge in [-0.05, 0) is 44.4 Å². The molecule has 1 amide bonds. The number of nitrogens with one attached hydrogen (secondary N) is 1. The topological polar surface area (TPSA) is 95.1 Å². The third-order valence-corrected chi connectivity index (χ3v) is 4.81. The minimum atomic E-state index is -0.126. The average molecular weight is 387 g/mol. The fraction of sp³-hybridized carbons (Fsp3) is 0.333. The van der Waals surface area contributed by atoms with Crippen molar-refractivity contribution in [1.29, 1.82) is 0 Å². The summed E-state index contributed by atoms with van der Waals surface area (Å²) in [5.41, 5.74) is 2.45. The number of benzene rings is 1. The van der Waals surface area contributed by atoms with Gasteiger partial charge in [-0.25, -0.2) is 0 Å². The lowest BCUT2D eigenvalue weighted by Gasteiger charge is -2.11. The number of carbonyl (C=O) groups is 1. The first kappa shape index (κ1) is 19.0. The Bertz CT molecular complexity index is 914. The van der Waals surface area contributed by atoms with E-state index in [2.05, 4.69) is 20.7 Å². The Labute approximate surface area is 161 Å². The number of aryl methyl sites for hydroxylation is 2. The molecule has 0 fully saturated rings. The van der Waals surface area contributed by atoms with E-state index in [1.54, 1.807) is 14.0 Å². The molecular weight excluding hydrogens is 366 g/mol. The van der Waals surface area contributed by atoms with Crippen molar-refractivity contribution < 1.29 is 14.1 Å². The molecule has 0 unspecified atom stereocenters. The highest BCUT2D eigenvalue weighted by Crippen LogP contribution is 2.22. The van der Waals surface area contributed by atoms with Gasteiger partial charge in [-0.15, -0.1) is 10.2 Å². The molecule has 142 valence electrons. The zero-order valence-electron chi connectivity index (χ0n) is 15.6. The lowest BCUT2D eigenvalue weighted by molar-refractivity contribution is -0.120. The molecule has 0 radical (unpaired) electrons. The Kier molecular flexibility index (Phi) is 5.80. The molecule has 0 aliphatic carbocycles. The minimum absolute atomic E-state index is 0.126. The van der Waals surface area contributed by atoms with Crippen molar-refractivity contribution in [3.8, 4) is 11.4 Å². The van der Waals surface area contributed by atoms with Crippen LogP contribution in [0.3, 0.4) is 0 Å². The first-order valence-corrected chi connectivity index (χ1v) is 9.57. The number of methoxy groups -OCH3 is 1. The molecule has 0 aliphatic heterocycles. The molecule has 0 spiro atoms. The van der Waals surface area contributed by atoms with E-state index in [0.29, 0.717) is 11.6 Å². The largest absolute Gasteiger partial charge is 0.497 e. The maximum Gasteiger partial charge on any atom is 0.225 e. The van der Waals surface area contributed by atoms with Crippen LogP contribution in [0.1, 0.15) is 22.8 Å². The number of hydrogen-bond acceptors (Lipinski definition) is 7. The molecule has 2 heterocycles. The molecule has 0 saturated heterocycles. The monoisotopic (exact) mass is 387 g/mol. The molecule has 1 aromatic carbocycles. The third kappa shape index (κ3) is 4.13. The maximum atomic E-state index is 12.3. The summed E-state index contributed by atoms with van der Waals surface area (Å²) in [5.74, 6) is 1.96. The van der Waals surface area contributed by atoms with Gasteiger partial charge in [0, 0.05) is 11.3 Å². The Morgan fingerprint density at radius 3 is 2.59 bits per heavy atom. The van der Waals surface area contributed by atoms with E-state index in [4.69, 9.17) is 9.26 Å². The smallest absolute Gasteiger partial charge is 0.225 e. The van der Waals surface area contributed by atoms with E-state index in [0.717, 1.165) is 27.9 Å². The van der Waals surface area contributed by atoms with Crippen LogP contribution < -0.4 is 10.1 Å². The number of rotatable bonds is 7. The van der Waals surface area contributed by atoms with E-state index in [1.165, 1.54) is 11.8 Å². The lowest BCUT2D eigenvalue weighted by Crippen LogP contribution is -2.26. The van der Waals surface area contributed by atoms with Gasteiger partial charge < -0.3 is 14.6 Å². The normalized spacial score (nSPS) is 10.8. The summed E-state index contributed by atoms with van der Waals surface area (Å²) in [6.07, 6.45) is 2.15. The second kappa shape index (κ2) is 8.26. The second-order valence-corrected chi connectivity index (χ2v) is 6.67. The molecular formula is C18H21N5O3S. The molecule has 3 aromatic rings. The summed E-state index contributed by atoms with van der Waals surface area (Å²) in [4.78, 5) is 12.3. The van der Waals surface area contributed by atoms with Gasteiger partial charge in [-0.3, -0.25) is 9.36 Å². The number of ether oxygens (including phenoxy) is 1. The van der Waals surface area contributed by atoms with Crippen LogP contribution in [0, 0.1) is 13.8 Å². The summed E-state index contributed by atoms with van der Waals surface area (Å²) in [7, 11) is 1.63. The predicted octanol–water partition coefficient (Wildman–Crippen LogP) is 2.46. The van der Waals surface area contributed by atoms with Gasteiger partial charge in [-0.2, -0.15) is 0 Å². The average Bonchev–Trinajstić information content (AvgIpc) is 3.24. The molecule has 27 heavy (non-hydrogen) atoms. The van der Waals surface area contributed by atoms with Crippen molar-refractivity contribution in [1.82, 2.24) is 25.2 Å². The van der Waals surface area contributed by atoms with Crippen LogP contribution in [0.5, 0.6) is 5.75 Å². The molecule has 0 saturated carbocycles. The van der Waals surface area contributed by atoms with Gasteiger partial charge in [0.05, 0.1) is 25.8 Å². The second-order valence-electron chi connectivity index (χ2n) is 5.89. The maximum absolute atomic E-state index is 12.3. The summed E-state index contributed by atoms with van der Waals surface area (Å²) in [6.45, 7) is 3.89. The van der Waals surface area contributed by atoms with Crippen molar-refractivity contribution in [3.05, 3.63) is 47.1 Å². The standard InChI is InChI=1S/C18H21N5O3S/c1-11-15(12(2)26-22-11)9-17(24)19-10-16-20-21-18(27-4)23(16)13-5-7-14(25-3)8-6-13/h5-8H,9-10H2,1-4H3,(H,19,24). The highest BCUT2D eigenvalue weighted by Gasteiger charge is 2.16. The lowest BCUT2D eigenvalue weighted by atomic mass is 10.1. The van der Waals surface area contributed by atoms with Crippen LogP contribution in [-0.2, 0) is 17.8 Å². The highest BCUT2D eigenvalue weighted by atomic mass is 32.2. The summed E-state index contributed by atoms with van der Waals surface area (Å²) >= 11 is 1.49. The van der Waals surface area contributed by atoms with Crippen LogP contribution in [0.25, 0.3) is 5.69 Å². The van der Waals surface area contributed by atoms with Crippen LogP contribution in [0.15, 0.2) is 33.9 Å². The molecule has 0 atom stereocenters. The number of amides is 1. The van der Waals surface area contributed by atoms with Gasteiger partial charge >= 0.3 is 0 Å². The Morgan fingerprint density at radius 1 is 1.26 bits per heavy atom. The van der Waals surface area contributed by atoms with E-state index in [-0.39, 0.29) is 18.9 Å². The van der Waals surface area contributed by atoms with Gasteiger partial charge in [0.15, 0.2) is 11.0 Å². The van der Waals surface area contributed by atoms with Gasteiger partial charge in [0.25, 0.3) is 0 Å². The van der Waals surface area contributed by atoms with Gasteiger partial charge in [-0.1, -0.05) is 16.9 Å². The Balaban J connectivity index is 1.75. The summed E-state index contributed by atoms with van der Waals surface area (Å²) in [6, 6.07) is 7.60. The Morgan fingerprint density at radius 2 is 2.00 bits per heavy atom. The SMILES string of the molecule is COc1ccc(-n2c(CNC(=O)Cc3c(C)noc3C)nnc2SC)cc1. The van der Waals surface area contributed by atoms with Crippen molar-refractivity contribution >= 4 is 17.7 Å². The number of thioether (sulfide) groups is 1. The third-order valence-electron chi connectivity index (χ3n) is 4.18. The molecule has 2 aromatic heterocycles. The molecule has 1 N–H and O–H groups in total. The molecule has 0 aliphatic rings. The molecule has 9 heteroatoms. The summed E-state index contributed by atoms with van der Waals surface area (Å²) in [5, 5.41) is 15.9. The zero-order valence-corrected chi connectivity index (χ0v) is 16.5. The first-order valence-electron chi connectivity index (χ1n) is 8.34. The van der Waals surface area contributed by atoms with Crippen LogP contribution in [0.4, 0.5) is 0 Å². The van der Waals surface area contributed by atoms with Crippen LogP contribution in [-0.4, -0.2) is 39.2 Å². The van der Waals surface area contributed by atoms with Crippen molar-refractivity contribution in [2.75, 3.05) is 13.4 Å². The number of nitrogens with zero attached hydrogens (tertiary/aromatic N) is 4. The van der Waals surface area contributed by atoms with Crippen molar-refractivity contribution in [2.24, 2.45) is 0 Å². The van der Waals surface area contributed by atoms with E-state index in [1.807, 2.05) is 42.0 Å². The van der Waals surface area contributed by atoms with Gasteiger partial charge in [0.2, 0.25) is 5.91 Å². The highest BCUT2D eigenvalue weighted by molar-refractivity contribution is 7.98. The van der Waals surface area contributed by atoms with Crippen LogP contribution in [0.2, 0.25) is 0 Å². The molecule has 8 nitrogen and oxygen atoms in total. The number of hydrogen-bond donors (Lipinski definition) is 1. The van der Waals surface area contributed by atoms with E-state index < -0.39 is 0 Å².